The Kier molecular flexibility index (Phi) is 7.20. The van der Waals surface area contributed by atoms with Gasteiger partial charge in [0.05, 0.1) is 11.4 Å². The molecule has 1 aromatic carbocycles. The number of benzene rings is 1. The van der Waals surface area contributed by atoms with Gasteiger partial charge < -0.3 is 10.6 Å². The molecule has 2 aromatic heterocycles. The molecule has 3 N–H and O–H groups in total. The highest BCUT2D eigenvalue weighted by atomic mass is 16.2. The second-order valence-electron chi connectivity index (χ2n) is 8.69. The summed E-state index contributed by atoms with van der Waals surface area (Å²) in [5, 5.41) is 4.47. The number of nitrogens with two attached hydrogens (primary N) is 1. The van der Waals surface area contributed by atoms with Crippen LogP contribution in [0.5, 0.6) is 0 Å². The number of hydrogen-bond acceptors (Lipinski definition) is 5. The van der Waals surface area contributed by atoms with Crippen molar-refractivity contribution in [2.24, 2.45) is 5.92 Å². The first kappa shape index (κ1) is 24.0. The molecule has 1 amide bonds. The van der Waals surface area contributed by atoms with Gasteiger partial charge in [0.1, 0.15) is 5.82 Å². The normalized spacial score (nSPS) is 11.2. The summed E-state index contributed by atoms with van der Waals surface area (Å²) in [6.07, 6.45) is 1.58. The van der Waals surface area contributed by atoms with Gasteiger partial charge in [0.25, 0.3) is 11.5 Å². The van der Waals surface area contributed by atoms with E-state index in [1.165, 1.54) is 9.47 Å². The van der Waals surface area contributed by atoms with Crippen LogP contribution in [0.4, 0.5) is 11.5 Å². The zero-order valence-electron chi connectivity index (χ0n) is 19.9. The van der Waals surface area contributed by atoms with E-state index < -0.39 is 11.2 Å². The van der Waals surface area contributed by atoms with E-state index in [0.717, 1.165) is 29.9 Å². The molecule has 0 fully saturated rings. The fourth-order valence-electron chi connectivity index (χ4n) is 3.81. The Labute approximate surface area is 192 Å². The number of nitrogens with zero attached hydrogens (tertiary/aromatic N) is 4. The molecule has 3 aromatic rings. The van der Waals surface area contributed by atoms with Crippen LogP contribution in [0.3, 0.4) is 0 Å². The quantitative estimate of drug-likeness (QED) is 0.544. The topological polar surface area (TPSA) is 119 Å². The number of rotatable bonds is 8. The number of carbonyl (C=O) groups is 1. The van der Waals surface area contributed by atoms with Crippen LogP contribution in [0.1, 0.15) is 55.4 Å². The minimum absolute atomic E-state index is 0.00506. The average molecular weight is 453 g/mol. The summed E-state index contributed by atoms with van der Waals surface area (Å²) < 4.78 is 3.13. The highest BCUT2D eigenvalue weighted by Gasteiger charge is 2.26. The summed E-state index contributed by atoms with van der Waals surface area (Å²) in [6, 6.07) is 9.02. The SMILES string of the molecule is CCCCn1c(N)c(N(CC(C)C)C(=O)c2ccc(-n3nc(C)cc3C)cc2)c(=O)[nH]c1=O. The number of carbonyl (C=O) groups excluding carboxylic acids is 1. The van der Waals surface area contributed by atoms with Gasteiger partial charge in [-0.15, -0.1) is 0 Å². The Morgan fingerprint density at radius 3 is 2.39 bits per heavy atom. The van der Waals surface area contributed by atoms with E-state index in [4.69, 9.17) is 5.73 Å². The molecule has 0 bridgehead atoms. The lowest BCUT2D eigenvalue weighted by molar-refractivity contribution is 0.0983. The predicted octanol–water partition coefficient (Wildman–Crippen LogP) is 3.02. The van der Waals surface area contributed by atoms with Crippen molar-refractivity contribution in [3.63, 3.8) is 0 Å². The maximum Gasteiger partial charge on any atom is 0.330 e. The van der Waals surface area contributed by atoms with Crippen molar-refractivity contribution in [2.75, 3.05) is 17.2 Å². The summed E-state index contributed by atoms with van der Waals surface area (Å²) >= 11 is 0. The molecule has 0 unspecified atom stereocenters. The number of H-pyrrole nitrogens is 1. The second kappa shape index (κ2) is 9.89. The van der Waals surface area contributed by atoms with Gasteiger partial charge in [-0.05, 0) is 56.5 Å². The van der Waals surface area contributed by atoms with E-state index in [-0.39, 0.29) is 29.9 Å². The van der Waals surface area contributed by atoms with E-state index in [2.05, 4.69) is 10.1 Å². The molecule has 33 heavy (non-hydrogen) atoms. The van der Waals surface area contributed by atoms with Crippen LogP contribution in [0, 0.1) is 19.8 Å². The third-order valence-corrected chi connectivity index (χ3v) is 5.38. The van der Waals surface area contributed by atoms with Crippen LogP contribution in [0.15, 0.2) is 39.9 Å². The molecule has 0 aliphatic carbocycles. The summed E-state index contributed by atoms with van der Waals surface area (Å²) in [5.74, 6) is -0.287. The van der Waals surface area contributed by atoms with Crippen LogP contribution in [-0.2, 0) is 6.54 Å². The number of amides is 1. The lowest BCUT2D eigenvalue weighted by Gasteiger charge is -2.26. The average Bonchev–Trinajstić information content (AvgIpc) is 3.10. The van der Waals surface area contributed by atoms with Crippen LogP contribution in [0.2, 0.25) is 0 Å². The van der Waals surface area contributed by atoms with Gasteiger partial charge in [-0.25, -0.2) is 9.48 Å². The van der Waals surface area contributed by atoms with Crippen molar-refractivity contribution in [3.8, 4) is 5.69 Å². The largest absolute Gasteiger partial charge is 0.383 e. The number of nitrogen functional groups attached to an aromatic ring is 1. The highest BCUT2D eigenvalue weighted by Crippen LogP contribution is 2.22. The number of nitrogens with one attached hydrogen (secondary N) is 1. The van der Waals surface area contributed by atoms with Crippen LogP contribution >= 0.6 is 0 Å². The van der Waals surface area contributed by atoms with Crippen LogP contribution < -0.4 is 21.9 Å². The van der Waals surface area contributed by atoms with Gasteiger partial charge in [-0.2, -0.15) is 5.10 Å². The van der Waals surface area contributed by atoms with Crippen molar-refractivity contribution in [1.82, 2.24) is 19.3 Å². The molecule has 3 rings (SSSR count). The van der Waals surface area contributed by atoms with Crippen molar-refractivity contribution < 1.29 is 4.79 Å². The number of unbranched alkanes of at least 4 members (excludes halogenated alkanes) is 1. The fourth-order valence-corrected chi connectivity index (χ4v) is 3.81. The van der Waals surface area contributed by atoms with E-state index in [9.17, 15) is 14.4 Å². The molecule has 0 radical (unpaired) electrons. The summed E-state index contributed by atoms with van der Waals surface area (Å²) in [5.41, 5.74) is 8.18. The van der Waals surface area contributed by atoms with Crippen molar-refractivity contribution in [2.45, 2.75) is 54.0 Å². The Morgan fingerprint density at radius 2 is 1.85 bits per heavy atom. The molecule has 0 saturated carbocycles. The standard InChI is InChI=1S/C24H32N6O3/c1-6-7-12-28-21(25)20(22(31)26-24(28)33)29(14-15(2)3)23(32)18-8-10-19(11-9-18)30-17(5)13-16(4)27-30/h8-11,13,15H,6-7,12,14,25H2,1-5H3,(H,26,31,33). The zero-order chi connectivity index (χ0) is 24.3. The number of aromatic amines is 1. The molecular formula is C24H32N6O3. The maximum atomic E-state index is 13.5. The monoisotopic (exact) mass is 452 g/mol. The summed E-state index contributed by atoms with van der Waals surface area (Å²) in [4.78, 5) is 42.3. The molecular weight excluding hydrogens is 420 g/mol. The van der Waals surface area contributed by atoms with E-state index in [1.807, 2.05) is 57.5 Å². The van der Waals surface area contributed by atoms with Gasteiger partial charge in [0, 0.05) is 24.3 Å². The lowest BCUT2D eigenvalue weighted by Crippen LogP contribution is -2.42. The van der Waals surface area contributed by atoms with Gasteiger partial charge in [-0.3, -0.25) is 19.1 Å². The number of anilines is 2. The molecule has 176 valence electrons. The Bertz CT molecular complexity index is 1250. The van der Waals surface area contributed by atoms with E-state index >= 15 is 0 Å². The Balaban J connectivity index is 2.03. The second-order valence-corrected chi connectivity index (χ2v) is 8.69. The molecule has 0 spiro atoms. The maximum absolute atomic E-state index is 13.5. The smallest absolute Gasteiger partial charge is 0.330 e. The first-order valence-corrected chi connectivity index (χ1v) is 11.2. The van der Waals surface area contributed by atoms with Gasteiger partial charge in [0.15, 0.2) is 5.69 Å². The Morgan fingerprint density at radius 1 is 1.18 bits per heavy atom. The molecule has 0 aliphatic rings. The zero-order valence-corrected chi connectivity index (χ0v) is 19.9. The lowest BCUT2D eigenvalue weighted by atomic mass is 10.1. The van der Waals surface area contributed by atoms with Gasteiger partial charge in [-0.1, -0.05) is 27.2 Å². The van der Waals surface area contributed by atoms with Gasteiger partial charge >= 0.3 is 5.69 Å². The third kappa shape index (κ3) is 5.08. The molecule has 2 heterocycles. The molecule has 9 nitrogen and oxygen atoms in total. The summed E-state index contributed by atoms with van der Waals surface area (Å²) in [7, 11) is 0. The molecule has 0 aliphatic heterocycles. The molecule has 9 heteroatoms. The predicted molar refractivity (Wildman–Crippen MR) is 130 cm³/mol. The minimum atomic E-state index is -0.668. The minimum Gasteiger partial charge on any atom is -0.383 e. The van der Waals surface area contributed by atoms with Crippen LogP contribution in [-0.4, -0.2) is 31.8 Å². The number of hydrogen-bond donors (Lipinski definition) is 2. The van der Waals surface area contributed by atoms with Crippen molar-refractivity contribution in [1.29, 1.82) is 0 Å². The van der Waals surface area contributed by atoms with E-state index in [0.29, 0.717) is 12.1 Å². The number of aromatic nitrogens is 4. The highest BCUT2D eigenvalue weighted by molar-refractivity contribution is 6.07. The molecule has 0 atom stereocenters. The number of aryl methyl sites for hydroxylation is 2. The van der Waals surface area contributed by atoms with Crippen molar-refractivity contribution >= 4 is 17.4 Å². The first-order chi connectivity index (χ1) is 15.6. The van der Waals surface area contributed by atoms with Gasteiger partial charge in [0.2, 0.25) is 0 Å². The third-order valence-electron chi connectivity index (χ3n) is 5.38. The Hall–Kier alpha value is -3.62. The first-order valence-electron chi connectivity index (χ1n) is 11.2. The van der Waals surface area contributed by atoms with Crippen LogP contribution in [0.25, 0.3) is 5.69 Å². The molecule has 0 saturated heterocycles. The fraction of sp³-hybridized carbons (Fsp3) is 0.417. The van der Waals surface area contributed by atoms with E-state index in [1.54, 1.807) is 12.1 Å². The summed E-state index contributed by atoms with van der Waals surface area (Å²) in [6.45, 7) is 10.4. The van der Waals surface area contributed by atoms with Crippen molar-refractivity contribution in [3.05, 3.63) is 68.1 Å².